The van der Waals surface area contributed by atoms with Crippen molar-refractivity contribution in [2.24, 2.45) is 0 Å². The molecule has 4 heteroatoms. The molecule has 0 aliphatic carbocycles. The number of hydrogen-bond acceptors (Lipinski definition) is 2. The van der Waals surface area contributed by atoms with E-state index >= 15 is 0 Å². The molecule has 0 fully saturated rings. The molecule has 2 aliphatic heterocycles. The van der Waals surface area contributed by atoms with Gasteiger partial charge < -0.3 is 10.6 Å². The van der Waals surface area contributed by atoms with Gasteiger partial charge in [-0.25, -0.2) is 0 Å². The van der Waals surface area contributed by atoms with Crippen molar-refractivity contribution in [1.82, 2.24) is 10.6 Å². The molecule has 24 heavy (non-hydrogen) atoms. The summed E-state index contributed by atoms with van der Waals surface area (Å²) < 4.78 is 0. The summed E-state index contributed by atoms with van der Waals surface area (Å²) >= 11 is 0. The van der Waals surface area contributed by atoms with Crippen molar-refractivity contribution >= 4 is 23.2 Å². The smallest absolute Gasteiger partial charge is 0.256 e. The number of nitrogens with one attached hydrogen (secondary N) is 2. The average molecular weight is 314 g/mol. The Bertz CT molecular complexity index is 845. The van der Waals surface area contributed by atoms with Gasteiger partial charge in [-0.15, -0.1) is 0 Å². The standard InChI is InChI=1S/C20H14N2O2/c23-19-15(11-17(21-19)13-7-3-1-4-8-13)16-12-18(22-20(16)24)14-9-5-2-6-10-14/h1-12H,(H,21,23)(H,22,24)/b16-15+. The van der Waals surface area contributed by atoms with Crippen molar-refractivity contribution in [1.29, 1.82) is 0 Å². The molecule has 0 saturated carbocycles. The molecule has 0 saturated heterocycles. The summed E-state index contributed by atoms with van der Waals surface area (Å²) in [5.41, 5.74) is 4.00. The van der Waals surface area contributed by atoms with Crippen molar-refractivity contribution in [3.63, 3.8) is 0 Å². The first-order valence-corrected chi connectivity index (χ1v) is 7.63. The van der Waals surface area contributed by atoms with Crippen LogP contribution >= 0.6 is 0 Å². The highest BCUT2D eigenvalue weighted by Gasteiger charge is 2.28. The molecular formula is C20H14N2O2. The summed E-state index contributed by atoms with van der Waals surface area (Å²) in [5, 5.41) is 5.65. The number of rotatable bonds is 2. The van der Waals surface area contributed by atoms with E-state index in [2.05, 4.69) is 10.6 Å². The fourth-order valence-electron chi connectivity index (χ4n) is 2.82. The first kappa shape index (κ1) is 14.2. The summed E-state index contributed by atoms with van der Waals surface area (Å²) in [5.74, 6) is -0.519. The molecule has 2 aliphatic rings. The van der Waals surface area contributed by atoms with Gasteiger partial charge in [0.2, 0.25) is 0 Å². The van der Waals surface area contributed by atoms with Crippen molar-refractivity contribution < 1.29 is 9.59 Å². The van der Waals surface area contributed by atoms with Crippen LogP contribution in [0.5, 0.6) is 0 Å². The Morgan fingerprint density at radius 2 is 0.917 bits per heavy atom. The van der Waals surface area contributed by atoms with Gasteiger partial charge in [0.25, 0.3) is 11.8 Å². The zero-order valence-electron chi connectivity index (χ0n) is 12.7. The highest BCUT2D eigenvalue weighted by Crippen LogP contribution is 2.27. The SMILES string of the molecule is O=C1NC(c2ccccc2)=C/C1=C1/C=C(c2ccccc2)NC1=O. The monoisotopic (exact) mass is 314 g/mol. The van der Waals surface area contributed by atoms with Gasteiger partial charge in [-0.3, -0.25) is 9.59 Å². The van der Waals surface area contributed by atoms with Crippen molar-refractivity contribution in [2.75, 3.05) is 0 Å². The van der Waals surface area contributed by atoms with Crippen molar-refractivity contribution in [3.05, 3.63) is 95.1 Å². The minimum atomic E-state index is -0.260. The molecule has 0 bridgehead atoms. The van der Waals surface area contributed by atoms with E-state index in [-0.39, 0.29) is 11.8 Å². The van der Waals surface area contributed by atoms with E-state index in [9.17, 15) is 9.59 Å². The molecule has 2 amide bonds. The van der Waals surface area contributed by atoms with E-state index in [1.807, 2.05) is 60.7 Å². The van der Waals surface area contributed by atoms with Crippen LogP contribution in [-0.2, 0) is 9.59 Å². The lowest BCUT2D eigenvalue weighted by atomic mass is 10.1. The van der Waals surface area contributed by atoms with E-state index in [4.69, 9.17) is 0 Å². The van der Waals surface area contributed by atoms with Gasteiger partial charge in [0, 0.05) is 11.4 Å². The van der Waals surface area contributed by atoms with Crippen LogP contribution in [0.3, 0.4) is 0 Å². The minimum absolute atomic E-state index is 0.260. The highest BCUT2D eigenvalue weighted by atomic mass is 16.2. The normalized spacial score (nSPS) is 19.7. The van der Waals surface area contributed by atoms with E-state index in [0.717, 1.165) is 11.1 Å². The van der Waals surface area contributed by atoms with Gasteiger partial charge in [0.05, 0.1) is 11.1 Å². The predicted octanol–water partition coefficient (Wildman–Crippen LogP) is 2.62. The zero-order valence-corrected chi connectivity index (χ0v) is 12.7. The molecule has 116 valence electrons. The number of hydrogen-bond donors (Lipinski definition) is 2. The Labute approximate surface area is 139 Å². The van der Waals surface area contributed by atoms with Gasteiger partial charge in [-0.05, 0) is 23.3 Å². The quantitative estimate of drug-likeness (QED) is 0.837. The zero-order chi connectivity index (χ0) is 16.5. The van der Waals surface area contributed by atoms with Crippen molar-refractivity contribution in [2.45, 2.75) is 0 Å². The largest absolute Gasteiger partial charge is 0.321 e. The lowest BCUT2D eigenvalue weighted by molar-refractivity contribution is -0.118. The summed E-state index contributed by atoms with van der Waals surface area (Å²) in [4.78, 5) is 24.6. The molecule has 0 atom stereocenters. The van der Waals surface area contributed by atoms with E-state index in [0.29, 0.717) is 22.5 Å². The fraction of sp³-hybridized carbons (Fsp3) is 0. The lowest BCUT2D eigenvalue weighted by Crippen LogP contribution is -2.20. The van der Waals surface area contributed by atoms with Gasteiger partial charge in [-0.2, -0.15) is 0 Å². The number of amides is 2. The highest BCUT2D eigenvalue weighted by molar-refractivity contribution is 6.18. The number of benzene rings is 2. The Hall–Kier alpha value is -3.40. The van der Waals surface area contributed by atoms with E-state index < -0.39 is 0 Å². The van der Waals surface area contributed by atoms with Crippen LogP contribution in [0.1, 0.15) is 11.1 Å². The van der Waals surface area contributed by atoms with Crippen molar-refractivity contribution in [3.8, 4) is 0 Å². The van der Waals surface area contributed by atoms with Gasteiger partial charge in [0.1, 0.15) is 0 Å². The molecule has 2 N–H and O–H groups in total. The van der Waals surface area contributed by atoms with Crippen LogP contribution in [-0.4, -0.2) is 11.8 Å². The molecular weight excluding hydrogens is 300 g/mol. The summed E-state index contributed by atoms with van der Waals surface area (Å²) in [6.07, 6.45) is 3.47. The Morgan fingerprint density at radius 3 is 1.29 bits per heavy atom. The van der Waals surface area contributed by atoms with Crippen LogP contribution in [0.25, 0.3) is 11.4 Å². The average Bonchev–Trinajstić information content (AvgIpc) is 3.19. The molecule has 0 aromatic heterocycles. The fourth-order valence-corrected chi connectivity index (χ4v) is 2.82. The molecule has 0 spiro atoms. The third-order valence-corrected chi connectivity index (χ3v) is 4.02. The maximum absolute atomic E-state index is 12.3. The number of carbonyl (C=O) groups is 2. The van der Waals surface area contributed by atoms with E-state index in [1.54, 1.807) is 12.2 Å². The summed E-state index contributed by atoms with van der Waals surface area (Å²) in [6, 6.07) is 19.1. The number of carbonyl (C=O) groups excluding carboxylic acids is 2. The molecule has 2 heterocycles. The van der Waals surface area contributed by atoms with Crippen LogP contribution in [0.15, 0.2) is 84.0 Å². The van der Waals surface area contributed by atoms with Gasteiger partial charge in [-0.1, -0.05) is 60.7 Å². The third-order valence-electron chi connectivity index (χ3n) is 4.02. The van der Waals surface area contributed by atoms with Crippen LogP contribution in [0, 0.1) is 0 Å². The van der Waals surface area contributed by atoms with Crippen LogP contribution in [0.2, 0.25) is 0 Å². The Kier molecular flexibility index (Phi) is 3.35. The molecule has 4 rings (SSSR count). The predicted molar refractivity (Wildman–Crippen MR) is 92.1 cm³/mol. The van der Waals surface area contributed by atoms with Crippen LogP contribution in [0.4, 0.5) is 0 Å². The second kappa shape index (κ2) is 5.66. The molecule has 0 unspecified atom stereocenters. The Morgan fingerprint density at radius 1 is 0.542 bits per heavy atom. The lowest BCUT2D eigenvalue weighted by Gasteiger charge is -2.01. The van der Waals surface area contributed by atoms with Crippen LogP contribution < -0.4 is 10.6 Å². The third kappa shape index (κ3) is 2.44. The second-order valence-electron chi connectivity index (χ2n) is 5.58. The Balaban J connectivity index is 1.76. The second-order valence-corrected chi connectivity index (χ2v) is 5.58. The molecule has 4 nitrogen and oxygen atoms in total. The van der Waals surface area contributed by atoms with Gasteiger partial charge in [0.15, 0.2) is 0 Å². The molecule has 0 radical (unpaired) electrons. The summed E-state index contributed by atoms with van der Waals surface area (Å²) in [6.45, 7) is 0. The molecule has 2 aromatic carbocycles. The van der Waals surface area contributed by atoms with E-state index in [1.165, 1.54) is 0 Å². The summed E-state index contributed by atoms with van der Waals surface area (Å²) in [7, 11) is 0. The molecule has 2 aromatic rings. The first-order chi connectivity index (χ1) is 11.7. The topological polar surface area (TPSA) is 58.2 Å². The first-order valence-electron chi connectivity index (χ1n) is 7.63. The maximum Gasteiger partial charge on any atom is 0.256 e. The van der Waals surface area contributed by atoms with Gasteiger partial charge >= 0.3 is 0 Å². The maximum atomic E-state index is 12.3. The minimum Gasteiger partial charge on any atom is -0.321 e.